The fourth-order valence-corrected chi connectivity index (χ4v) is 0. The Balaban J connectivity index is -0.00000000500. The van der Waals surface area contributed by atoms with Gasteiger partial charge in [-0.3, -0.25) is 0 Å². The molecule has 0 nitrogen and oxygen atoms in total. The van der Waals surface area contributed by atoms with Gasteiger partial charge in [0, 0.05) is 0 Å². The van der Waals surface area contributed by atoms with Crippen LogP contribution in [0.2, 0.25) is 0 Å². The van der Waals surface area contributed by atoms with Crippen LogP contribution >= 0.6 is 9.58 Å². The molecule has 0 heterocycles. The number of hydrogen-bond acceptors (Lipinski definition) is 0. The molecular weight excluding hydrogens is 286 g/mol. The molecule has 0 atom stereocenters. The van der Waals surface area contributed by atoms with E-state index in [9.17, 15) is 0 Å². The van der Waals surface area contributed by atoms with E-state index >= 15 is 0 Å². The molecule has 0 aromatic carbocycles. The Morgan fingerprint density at radius 1 is 1.25 bits per heavy atom. The van der Waals surface area contributed by atoms with Crippen LogP contribution in [0, 0.1) is 0 Å². The quantitative estimate of drug-likeness (QED) is 0.390. The first-order chi connectivity index (χ1) is 1.00. The van der Waals surface area contributed by atoms with Gasteiger partial charge in [0.05, 0.1) is 0 Å². The molecule has 0 radical (unpaired) electrons. The summed E-state index contributed by atoms with van der Waals surface area (Å²) in [5.74, 6) is 0. The fraction of sp³-hybridized carbons (Fsp3) is 0. The Bertz CT molecular complexity index is 6.00. The average Bonchev–Trinajstić information content (AvgIpc) is 1.00. The molecule has 0 saturated heterocycles. The predicted molar refractivity (Wildman–Crippen MR) is 5.85 cm³/mol. The summed E-state index contributed by atoms with van der Waals surface area (Å²) in [6.45, 7) is 0. The van der Waals surface area contributed by atoms with Gasteiger partial charge < -0.3 is 12.4 Å². The smallest absolute Gasteiger partial charge is 1.00 e. The van der Waals surface area contributed by atoms with Gasteiger partial charge in [0.25, 0.3) is 0 Å². The van der Waals surface area contributed by atoms with E-state index in [2.05, 4.69) is 9.58 Å². The summed E-state index contributed by atoms with van der Waals surface area (Å²) in [5.41, 5.74) is 0. The first kappa shape index (κ1) is 16.3. The van der Waals surface area contributed by atoms with E-state index in [4.69, 9.17) is 0 Å². The van der Waals surface area contributed by atoms with E-state index in [0.717, 1.165) is 0 Å². The van der Waals surface area contributed by atoms with Gasteiger partial charge in [0.2, 0.25) is 0 Å². The summed E-state index contributed by atoms with van der Waals surface area (Å²) in [4.78, 5) is 0. The SMILES string of the molecule is [Cl-].[Cl][Ir].[Na+]. The Hall–Kier alpha value is 2.23. The molecular formula is Cl2IrNa. The van der Waals surface area contributed by atoms with Crippen LogP contribution in [-0.2, 0) is 17.9 Å². The van der Waals surface area contributed by atoms with Crippen LogP contribution in [0.15, 0.2) is 0 Å². The molecule has 0 aliphatic heterocycles. The van der Waals surface area contributed by atoms with Crippen molar-refractivity contribution in [1.82, 2.24) is 0 Å². The molecule has 0 amide bonds. The summed E-state index contributed by atoms with van der Waals surface area (Å²) in [6.07, 6.45) is 0. The van der Waals surface area contributed by atoms with Gasteiger partial charge in [-0.15, -0.1) is 0 Å². The van der Waals surface area contributed by atoms with E-state index in [1.54, 1.807) is 0 Å². The minimum Gasteiger partial charge on any atom is 1.00 e. The monoisotopic (exact) mass is 286 g/mol. The van der Waals surface area contributed by atoms with Crippen molar-refractivity contribution in [1.29, 1.82) is 0 Å². The van der Waals surface area contributed by atoms with Crippen LogP contribution in [0.25, 0.3) is 0 Å². The van der Waals surface area contributed by atoms with Gasteiger partial charge in [-0.25, -0.2) is 0 Å². The Morgan fingerprint density at radius 2 is 1.25 bits per heavy atom. The van der Waals surface area contributed by atoms with Gasteiger partial charge in [0.1, 0.15) is 0 Å². The van der Waals surface area contributed by atoms with Crippen molar-refractivity contribution in [3.63, 3.8) is 0 Å². The molecule has 0 aromatic rings. The molecule has 0 aliphatic rings. The zero-order valence-corrected chi connectivity index (χ0v) is 8.00. The molecule has 0 aromatic heterocycles. The van der Waals surface area contributed by atoms with Crippen molar-refractivity contribution >= 4 is 9.58 Å². The van der Waals surface area contributed by atoms with Crippen molar-refractivity contribution in [3.05, 3.63) is 0 Å². The second-order valence-corrected chi connectivity index (χ2v) is 0. The van der Waals surface area contributed by atoms with E-state index in [1.807, 2.05) is 0 Å². The van der Waals surface area contributed by atoms with Crippen molar-refractivity contribution in [3.8, 4) is 0 Å². The van der Waals surface area contributed by atoms with Gasteiger partial charge in [-0.2, -0.15) is 0 Å². The Kier molecular flexibility index (Phi) is 76.9. The minimum absolute atomic E-state index is 0. The van der Waals surface area contributed by atoms with Gasteiger partial charge in [0.15, 0.2) is 0 Å². The number of halogens is 2. The van der Waals surface area contributed by atoms with Crippen molar-refractivity contribution in [2.75, 3.05) is 0 Å². The third-order valence-electron chi connectivity index (χ3n) is 0. The van der Waals surface area contributed by atoms with Crippen molar-refractivity contribution < 1.29 is 59.9 Å². The zero-order valence-electron chi connectivity index (χ0n) is 2.09. The molecule has 4 heavy (non-hydrogen) atoms. The standard InChI is InChI=1S/2ClH.Ir.Na/h2*1H;;/q;;2*+1/p-2. The molecule has 0 bridgehead atoms. The molecule has 0 unspecified atom stereocenters. The van der Waals surface area contributed by atoms with Crippen LogP contribution < -0.4 is 42.0 Å². The third-order valence-corrected chi connectivity index (χ3v) is 0. The topological polar surface area (TPSA) is 0 Å². The fourth-order valence-electron chi connectivity index (χ4n) is 0. The first-order valence-electron chi connectivity index (χ1n) is 0.126. The van der Waals surface area contributed by atoms with Gasteiger partial charge in [-0.05, 0) is 0 Å². The van der Waals surface area contributed by atoms with Crippen LogP contribution in [0.5, 0.6) is 0 Å². The molecule has 0 aliphatic carbocycles. The summed E-state index contributed by atoms with van der Waals surface area (Å²) in [6, 6.07) is 0. The third kappa shape index (κ3) is 8.87. The number of rotatable bonds is 0. The second kappa shape index (κ2) is 18.8. The summed E-state index contributed by atoms with van der Waals surface area (Å²) in [5, 5.41) is 0. The average molecular weight is 286 g/mol. The van der Waals surface area contributed by atoms with E-state index in [0.29, 0.717) is 0 Å². The minimum atomic E-state index is 0. The summed E-state index contributed by atoms with van der Waals surface area (Å²) >= 11 is 1.47. The van der Waals surface area contributed by atoms with Crippen molar-refractivity contribution in [2.45, 2.75) is 0 Å². The van der Waals surface area contributed by atoms with E-state index < -0.39 is 0 Å². The maximum Gasteiger partial charge on any atom is 1.00 e. The molecule has 0 N–H and O–H groups in total. The largest absolute Gasteiger partial charge is 1.00 e. The molecule has 0 rings (SSSR count). The van der Waals surface area contributed by atoms with Crippen LogP contribution in [0.1, 0.15) is 0 Å². The van der Waals surface area contributed by atoms with E-state index in [1.165, 1.54) is 17.9 Å². The predicted octanol–water partition coefficient (Wildman–Crippen LogP) is -5.30. The molecule has 4 heteroatoms. The van der Waals surface area contributed by atoms with Gasteiger partial charge >= 0.3 is 57.0 Å². The molecule has 0 saturated carbocycles. The summed E-state index contributed by atoms with van der Waals surface area (Å²) in [7, 11) is 4.64. The maximum absolute atomic E-state index is 4.64. The zero-order chi connectivity index (χ0) is 2.00. The van der Waals surface area contributed by atoms with Gasteiger partial charge in [-0.1, -0.05) is 0 Å². The van der Waals surface area contributed by atoms with Crippen LogP contribution in [0.3, 0.4) is 0 Å². The number of hydrogen-bond donors (Lipinski definition) is 0. The van der Waals surface area contributed by atoms with Crippen LogP contribution in [-0.4, -0.2) is 0 Å². The van der Waals surface area contributed by atoms with E-state index in [-0.39, 0.29) is 42.0 Å². The normalized spacial score (nSPS) is 1.75. The first-order valence-corrected chi connectivity index (χ1v) is 3.09. The van der Waals surface area contributed by atoms with Crippen molar-refractivity contribution in [2.24, 2.45) is 0 Å². The molecule has 24 valence electrons. The molecule has 0 fully saturated rings. The maximum atomic E-state index is 4.64. The Morgan fingerprint density at radius 3 is 1.25 bits per heavy atom. The molecule has 0 spiro atoms. The second-order valence-electron chi connectivity index (χ2n) is 0. The summed E-state index contributed by atoms with van der Waals surface area (Å²) < 4.78 is 0. The van der Waals surface area contributed by atoms with Crippen LogP contribution in [0.4, 0.5) is 0 Å². The Labute approximate surface area is 68.5 Å².